The minimum atomic E-state index is -0.323. The SMILES string of the molecule is CCCc1nnc(S[C@H](C)C(=O)Nc2cccc(C)c2C)n1N. The van der Waals surface area contributed by atoms with E-state index in [9.17, 15) is 4.79 Å². The van der Waals surface area contributed by atoms with E-state index in [1.807, 2.05) is 39.0 Å². The molecule has 23 heavy (non-hydrogen) atoms. The second-order valence-corrected chi connectivity index (χ2v) is 6.82. The average molecular weight is 333 g/mol. The molecule has 3 N–H and O–H groups in total. The normalized spacial score (nSPS) is 12.2. The Bertz CT molecular complexity index is 698. The number of thioether (sulfide) groups is 1. The fraction of sp³-hybridized carbons (Fsp3) is 0.438. The predicted octanol–water partition coefficient (Wildman–Crippen LogP) is 2.68. The number of aryl methyl sites for hydroxylation is 2. The lowest BCUT2D eigenvalue weighted by molar-refractivity contribution is -0.115. The van der Waals surface area contributed by atoms with Crippen molar-refractivity contribution in [3.05, 3.63) is 35.2 Å². The van der Waals surface area contributed by atoms with E-state index in [2.05, 4.69) is 22.4 Å². The van der Waals surface area contributed by atoms with Crippen LogP contribution in [0.15, 0.2) is 23.4 Å². The van der Waals surface area contributed by atoms with E-state index in [4.69, 9.17) is 5.84 Å². The molecule has 7 heteroatoms. The van der Waals surface area contributed by atoms with E-state index >= 15 is 0 Å². The molecule has 1 aromatic carbocycles. The summed E-state index contributed by atoms with van der Waals surface area (Å²) >= 11 is 1.31. The van der Waals surface area contributed by atoms with E-state index in [-0.39, 0.29) is 11.2 Å². The summed E-state index contributed by atoms with van der Waals surface area (Å²) in [6.07, 6.45) is 1.72. The van der Waals surface area contributed by atoms with Crippen molar-refractivity contribution in [2.75, 3.05) is 11.2 Å². The number of anilines is 1. The van der Waals surface area contributed by atoms with Crippen LogP contribution in [0.4, 0.5) is 5.69 Å². The topological polar surface area (TPSA) is 85.8 Å². The molecule has 1 amide bonds. The molecule has 0 saturated heterocycles. The second-order valence-electron chi connectivity index (χ2n) is 5.52. The number of nitrogens with zero attached hydrogens (tertiary/aromatic N) is 3. The van der Waals surface area contributed by atoms with Gasteiger partial charge in [0.2, 0.25) is 11.1 Å². The minimum absolute atomic E-state index is 0.0799. The summed E-state index contributed by atoms with van der Waals surface area (Å²) in [4.78, 5) is 12.4. The second kappa shape index (κ2) is 7.50. The third kappa shape index (κ3) is 4.04. The van der Waals surface area contributed by atoms with Gasteiger partial charge in [0, 0.05) is 12.1 Å². The van der Waals surface area contributed by atoms with Gasteiger partial charge in [-0.05, 0) is 44.4 Å². The number of rotatable bonds is 6. The van der Waals surface area contributed by atoms with Crippen molar-refractivity contribution in [3.8, 4) is 0 Å². The Morgan fingerprint density at radius 2 is 2.13 bits per heavy atom. The maximum atomic E-state index is 12.4. The molecule has 2 rings (SSSR count). The molecule has 2 aromatic rings. The van der Waals surface area contributed by atoms with Crippen LogP contribution in [0.5, 0.6) is 0 Å². The molecule has 0 bridgehead atoms. The summed E-state index contributed by atoms with van der Waals surface area (Å²) in [7, 11) is 0. The van der Waals surface area contributed by atoms with Gasteiger partial charge < -0.3 is 11.2 Å². The van der Waals surface area contributed by atoms with E-state index in [1.54, 1.807) is 0 Å². The zero-order chi connectivity index (χ0) is 17.0. The molecule has 1 heterocycles. The highest BCUT2D eigenvalue weighted by atomic mass is 32.2. The molecular formula is C16H23N5OS. The van der Waals surface area contributed by atoms with Gasteiger partial charge in [0.15, 0.2) is 5.82 Å². The summed E-state index contributed by atoms with van der Waals surface area (Å²) in [6, 6.07) is 5.86. The third-order valence-corrected chi connectivity index (χ3v) is 4.78. The minimum Gasteiger partial charge on any atom is -0.336 e. The highest BCUT2D eigenvalue weighted by Crippen LogP contribution is 2.24. The summed E-state index contributed by atoms with van der Waals surface area (Å²) in [6.45, 7) is 7.91. The number of hydrogen-bond donors (Lipinski definition) is 2. The van der Waals surface area contributed by atoms with Crippen LogP contribution in [0.2, 0.25) is 0 Å². The summed E-state index contributed by atoms with van der Waals surface area (Å²) in [5, 5.41) is 11.3. The number of nitrogen functional groups attached to an aromatic ring is 1. The summed E-state index contributed by atoms with van der Waals surface area (Å²) < 4.78 is 1.47. The van der Waals surface area contributed by atoms with Gasteiger partial charge in [-0.25, -0.2) is 4.68 Å². The molecule has 1 atom stereocenters. The van der Waals surface area contributed by atoms with Gasteiger partial charge in [0.25, 0.3) is 0 Å². The van der Waals surface area contributed by atoms with Crippen LogP contribution in [0.3, 0.4) is 0 Å². The lowest BCUT2D eigenvalue weighted by Crippen LogP contribution is -2.24. The molecule has 0 radical (unpaired) electrons. The molecule has 0 aliphatic heterocycles. The van der Waals surface area contributed by atoms with Crippen molar-refractivity contribution in [2.24, 2.45) is 0 Å². The molecular weight excluding hydrogens is 310 g/mol. The first-order valence-electron chi connectivity index (χ1n) is 7.67. The molecule has 0 aliphatic carbocycles. The van der Waals surface area contributed by atoms with Gasteiger partial charge in [-0.2, -0.15) is 0 Å². The van der Waals surface area contributed by atoms with E-state index in [0.717, 1.165) is 35.5 Å². The van der Waals surface area contributed by atoms with Gasteiger partial charge in [0.05, 0.1) is 5.25 Å². The number of carbonyl (C=O) groups excluding carboxylic acids is 1. The Hall–Kier alpha value is -2.02. The van der Waals surface area contributed by atoms with Gasteiger partial charge in [-0.1, -0.05) is 30.8 Å². The summed E-state index contributed by atoms with van der Waals surface area (Å²) in [5.41, 5.74) is 3.06. The largest absolute Gasteiger partial charge is 0.336 e. The van der Waals surface area contributed by atoms with Gasteiger partial charge in [-0.15, -0.1) is 10.2 Å². The first-order valence-corrected chi connectivity index (χ1v) is 8.55. The van der Waals surface area contributed by atoms with Crippen molar-refractivity contribution in [1.29, 1.82) is 0 Å². The number of carbonyl (C=O) groups is 1. The number of nitrogens with one attached hydrogen (secondary N) is 1. The molecule has 0 unspecified atom stereocenters. The predicted molar refractivity (Wildman–Crippen MR) is 94.0 cm³/mol. The Balaban J connectivity index is 2.04. The number of benzene rings is 1. The first-order chi connectivity index (χ1) is 10.9. The number of aromatic nitrogens is 3. The fourth-order valence-corrected chi connectivity index (χ4v) is 2.90. The van der Waals surface area contributed by atoms with Crippen LogP contribution in [-0.2, 0) is 11.2 Å². The van der Waals surface area contributed by atoms with E-state index < -0.39 is 0 Å². The van der Waals surface area contributed by atoms with Gasteiger partial charge in [0.1, 0.15) is 0 Å². The lowest BCUT2D eigenvalue weighted by atomic mass is 10.1. The van der Waals surface area contributed by atoms with E-state index in [0.29, 0.717) is 5.16 Å². The van der Waals surface area contributed by atoms with Crippen molar-refractivity contribution in [2.45, 2.75) is 50.9 Å². The molecule has 0 saturated carbocycles. The number of hydrogen-bond acceptors (Lipinski definition) is 5. The van der Waals surface area contributed by atoms with Crippen molar-refractivity contribution < 1.29 is 4.79 Å². The Morgan fingerprint density at radius 1 is 1.39 bits per heavy atom. The molecule has 124 valence electrons. The standard InChI is InChI=1S/C16H23N5OS/c1-5-7-14-19-20-16(21(14)17)23-12(4)15(22)18-13-9-6-8-10(2)11(13)3/h6,8-9,12H,5,7,17H2,1-4H3,(H,18,22)/t12-/m1/s1. The summed E-state index contributed by atoms with van der Waals surface area (Å²) in [5.74, 6) is 6.63. The van der Waals surface area contributed by atoms with Crippen LogP contribution in [0.1, 0.15) is 37.2 Å². The maximum absolute atomic E-state index is 12.4. The molecule has 0 spiro atoms. The average Bonchev–Trinajstić information content (AvgIpc) is 2.85. The lowest BCUT2D eigenvalue weighted by Gasteiger charge is -2.14. The highest BCUT2D eigenvalue weighted by molar-refractivity contribution is 8.00. The van der Waals surface area contributed by atoms with Gasteiger partial charge >= 0.3 is 0 Å². The molecule has 6 nitrogen and oxygen atoms in total. The van der Waals surface area contributed by atoms with Crippen molar-refractivity contribution in [3.63, 3.8) is 0 Å². The van der Waals surface area contributed by atoms with E-state index in [1.165, 1.54) is 16.4 Å². The Morgan fingerprint density at radius 3 is 2.83 bits per heavy atom. The molecule has 0 fully saturated rings. The fourth-order valence-electron chi connectivity index (χ4n) is 2.11. The molecule has 1 aromatic heterocycles. The van der Waals surface area contributed by atoms with Crippen LogP contribution in [0, 0.1) is 13.8 Å². The third-order valence-electron chi connectivity index (χ3n) is 3.72. The number of nitrogens with two attached hydrogens (primary N) is 1. The van der Waals surface area contributed by atoms with Crippen LogP contribution in [0.25, 0.3) is 0 Å². The smallest absolute Gasteiger partial charge is 0.237 e. The number of amides is 1. The zero-order valence-electron chi connectivity index (χ0n) is 14.0. The van der Waals surface area contributed by atoms with Crippen LogP contribution in [-0.4, -0.2) is 26.0 Å². The first kappa shape index (κ1) is 17.3. The van der Waals surface area contributed by atoms with Crippen LogP contribution < -0.4 is 11.2 Å². The Kier molecular flexibility index (Phi) is 5.65. The quantitative estimate of drug-likeness (QED) is 0.627. The monoisotopic (exact) mass is 333 g/mol. The Labute approximate surface area is 140 Å². The zero-order valence-corrected chi connectivity index (χ0v) is 14.8. The molecule has 0 aliphatic rings. The van der Waals surface area contributed by atoms with Crippen molar-refractivity contribution in [1.82, 2.24) is 14.9 Å². The van der Waals surface area contributed by atoms with Crippen molar-refractivity contribution >= 4 is 23.4 Å². The van der Waals surface area contributed by atoms with Crippen LogP contribution >= 0.6 is 11.8 Å². The van der Waals surface area contributed by atoms with Gasteiger partial charge in [-0.3, -0.25) is 4.79 Å². The maximum Gasteiger partial charge on any atom is 0.237 e. The highest BCUT2D eigenvalue weighted by Gasteiger charge is 2.19.